The summed E-state index contributed by atoms with van der Waals surface area (Å²) in [5.41, 5.74) is 4.81. The second kappa shape index (κ2) is 7.97. The molecule has 0 aliphatic carbocycles. The van der Waals surface area contributed by atoms with Crippen molar-refractivity contribution in [3.05, 3.63) is 94.5 Å². The van der Waals surface area contributed by atoms with Gasteiger partial charge in [0.2, 0.25) is 0 Å². The number of methoxy groups -OCH3 is 1. The van der Waals surface area contributed by atoms with Gasteiger partial charge in [-0.3, -0.25) is 0 Å². The number of aryl methyl sites for hydroxylation is 1. The Kier molecular flexibility index (Phi) is 5.28. The molecule has 0 aliphatic heterocycles. The molecule has 26 heavy (non-hydrogen) atoms. The van der Waals surface area contributed by atoms with Crippen LogP contribution < -0.4 is 4.74 Å². The number of hydrogen-bond acceptors (Lipinski definition) is 2. The van der Waals surface area contributed by atoms with Gasteiger partial charge in [-0.05, 0) is 79.2 Å². The Hall–Kier alpha value is -3.62. The average Bonchev–Trinajstić information content (AvgIpc) is 2.67. The molecule has 0 bridgehead atoms. The van der Waals surface area contributed by atoms with Gasteiger partial charge in [-0.1, -0.05) is 23.7 Å². The van der Waals surface area contributed by atoms with Crippen molar-refractivity contribution in [2.24, 2.45) is 0 Å². The summed E-state index contributed by atoms with van der Waals surface area (Å²) in [6.45, 7) is 2.03. The molecule has 3 aromatic rings. The maximum Gasteiger partial charge on any atom is 0.118 e. The summed E-state index contributed by atoms with van der Waals surface area (Å²) in [7, 11) is 1.65. The lowest BCUT2D eigenvalue weighted by atomic mass is 10.0. The van der Waals surface area contributed by atoms with Crippen LogP contribution in [-0.2, 0) is 0 Å². The normalized spacial score (nSPS) is 9.46. The van der Waals surface area contributed by atoms with Gasteiger partial charge in [0.25, 0.3) is 0 Å². The summed E-state index contributed by atoms with van der Waals surface area (Å²) in [5, 5.41) is 9.31. The van der Waals surface area contributed by atoms with Gasteiger partial charge in [-0.2, -0.15) is 0 Å². The second-order valence-corrected chi connectivity index (χ2v) is 5.81. The second-order valence-electron chi connectivity index (χ2n) is 5.81. The first-order chi connectivity index (χ1) is 12.6. The number of aromatic hydroxyl groups is 1. The maximum absolute atomic E-state index is 9.31. The van der Waals surface area contributed by atoms with Crippen LogP contribution in [0.3, 0.4) is 0 Å². The van der Waals surface area contributed by atoms with E-state index in [9.17, 15) is 5.11 Å². The maximum atomic E-state index is 9.31. The predicted octanol–water partition coefficient (Wildman–Crippen LogP) is 4.51. The first kappa shape index (κ1) is 17.2. The van der Waals surface area contributed by atoms with Gasteiger partial charge in [0.05, 0.1) is 7.11 Å². The van der Waals surface area contributed by atoms with E-state index in [0.29, 0.717) is 0 Å². The highest BCUT2D eigenvalue weighted by Gasteiger charge is 1.97. The zero-order valence-corrected chi connectivity index (χ0v) is 14.7. The number of rotatable bonds is 1. The van der Waals surface area contributed by atoms with Crippen LogP contribution in [0.15, 0.2) is 66.7 Å². The smallest absolute Gasteiger partial charge is 0.118 e. The molecular weight excluding hydrogens is 320 g/mol. The molecule has 2 heteroatoms. The van der Waals surface area contributed by atoms with Crippen molar-refractivity contribution in [3.63, 3.8) is 0 Å². The lowest BCUT2D eigenvalue weighted by molar-refractivity contribution is 0.415. The fourth-order valence-electron chi connectivity index (χ4n) is 2.38. The standard InChI is InChI=1S/C24H18O2/c1-18-17-21(4-3-19-9-15-24(26-2)16-10-19)6-12-22(18)11-5-20-7-13-23(25)14-8-20/h6-10,12-17,25H,1-2H3. The zero-order chi connectivity index (χ0) is 18.4. The van der Waals surface area contributed by atoms with Crippen LogP contribution in [-0.4, -0.2) is 12.2 Å². The molecule has 0 amide bonds. The van der Waals surface area contributed by atoms with Crippen molar-refractivity contribution in [3.8, 4) is 35.2 Å². The summed E-state index contributed by atoms with van der Waals surface area (Å²) < 4.78 is 5.15. The summed E-state index contributed by atoms with van der Waals surface area (Å²) >= 11 is 0. The van der Waals surface area contributed by atoms with Crippen LogP contribution in [0, 0.1) is 30.6 Å². The molecule has 0 aromatic heterocycles. The SMILES string of the molecule is COc1ccc(C#Cc2ccc(C#Cc3ccc(O)cc3)c(C)c2)cc1. The average molecular weight is 338 g/mol. The first-order valence-corrected chi connectivity index (χ1v) is 8.22. The van der Waals surface area contributed by atoms with Crippen LogP contribution in [0.5, 0.6) is 11.5 Å². The molecule has 0 heterocycles. The molecule has 0 saturated heterocycles. The van der Waals surface area contributed by atoms with E-state index in [4.69, 9.17) is 4.74 Å². The van der Waals surface area contributed by atoms with Crippen molar-refractivity contribution in [2.45, 2.75) is 6.92 Å². The Labute approximate surface area is 154 Å². The monoisotopic (exact) mass is 338 g/mol. The summed E-state index contributed by atoms with van der Waals surface area (Å²) in [4.78, 5) is 0. The van der Waals surface area contributed by atoms with E-state index in [2.05, 4.69) is 23.7 Å². The Morgan fingerprint density at radius 2 is 1.23 bits per heavy atom. The molecule has 1 N–H and O–H groups in total. The minimum atomic E-state index is 0.242. The topological polar surface area (TPSA) is 29.5 Å². The van der Waals surface area contributed by atoms with Gasteiger partial charge < -0.3 is 9.84 Å². The molecule has 0 aliphatic rings. The van der Waals surface area contributed by atoms with Crippen molar-refractivity contribution >= 4 is 0 Å². The summed E-state index contributed by atoms with van der Waals surface area (Å²) in [6.07, 6.45) is 0. The van der Waals surface area contributed by atoms with Crippen LogP contribution in [0.25, 0.3) is 0 Å². The minimum Gasteiger partial charge on any atom is -0.508 e. The first-order valence-electron chi connectivity index (χ1n) is 8.22. The molecule has 126 valence electrons. The van der Waals surface area contributed by atoms with Crippen molar-refractivity contribution in [2.75, 3.05) is 7.11 Å². The van der Waals surface area contributed by atoms with E-state index < -0.39 is 0 Å². The van der Waals surface area contributed by atoms with E-state index in [1.165, 1.54) is 0 Å². The highest BCUT2D eigenvalue weighted by Crippen LogP contribution is 2.13. The number of benzene rings is 3. The van der Waals surface area contributed by atoms with E-state index in [-0.39, 0.29) is 5.75 Å². The number of phenolic OH excluding ortho intramolecular Hbond substituents is 1. The van der Waals surface area contributed by atoms with Crippen LogP contribution in [0.4, 0.5) is 0 Å². The fraction of sp³-hybridized carbons (Fsp3) is 0.0833. The van der Waals surface area contributed by atoms with Gasteiger partial charge in [-0.15, -0.1) is 0 Å². The van der Waals surface area contributed by atoms with E-state index in [0.717, 1.165) is 33.6 Å². The third kappa shape index (κ3) is 4.47. The molecule has 0 unspecified atom stereocenters. The van der Waals surface area contributed by atoms with Gasteiger partial charge in [0.1, 0.15) is 11.5 Å². The molecule has 0 atom stereocenters. The summed E-state index contributed by atoms with van der Waals surface area (Å²) in [5.74, 6) is 13.7. The fourth-order valence-corrected chi connectivity index (χ4v) is 2.38. The van der Waals surface area contributed by atoms with Gasteiger partial charge in [-0.25, -0.2) is 0 Å². The third-order valence-electron chi connectivity index (χ3n) is 3.88. The molecule has 3 rings (SSSR count). The Balaban J connectivity index is 1.77. The van der Waals surface area contributed by atoms with Crippen molar-refractivity contribution in [1.29, 1.82) is 0 Å². The Morgan fingerprint density at radius 1 is 0.692 bits per heavy atom. The highest BCUT2D eigenvalue weighted by atomic mass is 16.5. The molecule has 2 nitrogen and oxygen atoms in total. The molecule has 0 radical (unpaired) electrons. The molecule has 0 fully saturated rings. The third-order valence-corrected chi connectivity index (χ3v) is 3.88. The van der Waals surface area contributed by atoms with Crippen LogP contribution >= 0.6 is 0 Å². The lowest BCUT2D eigenvalue weighted by Crippen LogP contribution is -1.85. The van der Waals surface area contributed by atoms with Crippen molar-refractivity contribution < 1.29 is 9.84 Å². The van der Waals surface area contributed by atoms with E-state index in [1.54, 1.807) is 31.4 Å². The highest BCUT2D eigenvalue weighted by molar-refractivity contribution is 5.51. The summed E-state index contributed by atoms with van der Waals surface area (Å²) in [6, 6.07) is 20.5. The Bertz CT molecular complexity index is 1020. The largest absolute Gasteiger partial charge is 0.508 e. The van der Waals surface area contributed by atoms with Gasteiger partial charge in [0.15, 0.2) is 0 Å². The molecule has 3 aromatic carbocycles. The predicted molar refractivity (Wildman–Crippen MR) is 104 cm³/mol. The van der Waals surface area contributed by atoms with Gasteiger partial charge >= 0.3 is 0 Å². The lowest BCUT2D eigenvalue weighted by Gasteiger charge is -1.99. The van der Waals surface area contributed by atoms with E-state index >= 15 is 0 Å². The van der Waals surface area contributed by atoms with Crippen molar-refractivity contribution in [1.82, 2.24) is 0 Å². The molecular formula is C24H18O2. The Morgan fingerprint density at radius 3 is 1.85 bits per heavy atom. The minimum absolute atomic E-state index is 0.242. The number of phenols is 1. The zero-order valence-electron chi connectivity index (χ0n) is 14.7. The number of ether oxygens (including phenoxy) is 1. The van der Waals surface area contributed by atoms with Gasteiger partial charge in [0, 0.05) is 22.3 Å². The van der Waals surface area contributed by atoms with Crippen LogP contribution in [0.2, 0.25) is 0 Å². The molecule has 0 spiro atoms. The number of hydrogen-bond donors (Lipinski definition) is 1. The molecule has 0 saturated carbocycles. The quantitative estimate of drug-likeness (QED) is 0.662. The van der Waals surface area contributed by atoms with Crippen LogP contribution in [0.1, 0.15) is 27.8 Å². The van der Waals surface area contributed by atoms with E-state index in [1.807, 2.05) is 49.4 Å².